The molecule has 0 atom stereocenters. The molecular formula is C12H14FNO. The quantitative estimate of drug-likeness (QED) is 0.760. The van der Waals surface area contributed by atoms with Crippen molar-refractivity contribution in [3.05, 3.63) is 29.8 Å². The Hall–Kier alpha value is -1.56. The number of nitriles is 1. The van der Waals surface area contributed by atoms with Gasteiger partial charge in [0.15, 0.2) is 0 Å². The zero-order valence-corrected chi connectivity index (χ0v) is 8.96. The van der Waals surface area contributed by atoms with Crippen molar-refractivity contribution in [1.29, 1.82) is 5.26 Å². The fourth-order valence-electron chi connectivity index (χ4n) is 1.07. The molecule has 1 rings (SSSR count). The van der Waals surface area contributed by atoms with Crippen LogP contribution in [0, 0.1) is 11.3 Å². The van der Waals surface area contributed by atoms with Gasteiger partial charge in [-0.25, -0.2) is 4.39 Å². The molecule has 0 unspecified atom stereocenters. The number of halogens is 1. The van der Waals surface area contributed by atoms with Gasteiger partial charge in [-0.2, -0.15) is 5.26 Å². The van der Waals surface area contributed by atoms with E-state index in [0.717, 1.165) is 0 Å². The first kappa shape index (κ1) is 11.5. The highest BCUT2D eigenvalue weighted by Crippen LogP contribution is 2.16. The summed E-state index contributed by atoms with van der Waals surface area (Å²) in [5.41, 5.74) is -0.667. The van der Waals surface area contributed by atoms with E-state index in [4.69, 9.17) is 10.00 Å². The highest BCUT2D eigenvalue weighted by atomic mass is 19.1. The average Bonchev–Trinajstić information content (AvgIpc) is 2.16. The molecule has 0 fully saturated rings. The van der Waals surface area contributed by atoms with Gasteiger partial charge in [-0.15, -0.1) is 0 Å². The topological polar surface area (TPSA) is 33.0 Å². The summed E-state index contributed by atoms with van der Waals surface area (Å²) in [5, 5.41) is 8.65. The Bertz CT molecular complexity index is 363. The minimum atomic E-state index is -1.22. The third-order valence-electron chi connectivity index (χ3n) is 1.93. The lowest BCUT2D eigenvalue weighted by atomic mass is 10.1. The van der Waals surface area contributed by atoms with E-state index in [1.54, 1.807) is 24.3 Å². The SMILES string of the molecule is CC(C)(F)CCOc1cccc(C#N)c1. The van der Waals surface area contributed by atoms with Gasteiger partial charge in [-0.1, -0.05) is 6.07 Å². The Labute approximate surface area is 89.3 Å². The number of hydrogen-bond acceptors (Lipinski definition) is 2. The lowest BCUT2D eigenvalue weighted by molar-refractivity contribution is 0.161. The lowest BCUT2D eigenvalue weighted by Gasteiger charge is -2.14. The van der Waals surface area contributed by atoms with Gasteiger partial charge < -0.3 is 4.74 Å². The molecule has 0 aliphatic carbocycles. The second-order valence-electron chi connectivity index (χ2n) is 3.96. The van der Waals surface area contributed by atoms with Gasteiger partial charge >= 0.3 is 0 Å². The first-order valence-electron chi connectivity index (χ1n) is 4.83. The van der Waals surface area contributed by atoms with Crippen LogP contribution in [0.5, 0.6) is 5.75 Å². The molecule has 0 aliphatic rings. The summed E-state index contributed by atoms with van der Waals surface area (Å²) in [5.74, 6) is 0.610. The molecular weight excluding hydrogens is 193 g/mol. The molecule has 0 bridgehead atoms. The van der Waals surface area contributed by atoms with Gasteiger partial charge in [-0.05, 0) is 32.0 Å². The van der Waals surface area contributed by atoms with Crippen molar-refractivity contribution in [1.82, 2.24) is 0 Å². The molecule has 0 N–H and O–H groups in total. The molecule has 0 saturated carbocycles. The predicted octanol–water partition coefficient (Wildman–Crippen LogP) is 3.08. The second-order valence-corrected chi connectivity index (χ2v) is 3.96. The van der Waals surface area contributed by atoms with Crippen molar-refractivity contribution < 1.29 is 9.13 Å². The van der Waals surface area contributed by atoms with Crippen molar-refractivity contribution in [2.75, 3.05) is 6.61 Å². The van der Waals surface area contributed by atoms with E-state index in [1.807, 2.05) is 6.07 Å². The maximum absolute atomic E-state index is 13.1. The van der Waals surface area contributed by atoms with Crippen LogP contribution in [0.3, 0.4) is 0 Å². The minimum Gasteiger partial charge on any atom is -0.493 e. The molecule has 80 valence electrons. The highest BCUT2D eigenvalue weighted by Gasteiger charge is 2.14. The summed E-state index contributed by atoms with van der Waals surface area (Å²) in [6.07, 6.45) is 0.337. The van der Waals surface area contributed by atoms with Crippen LogP contribution in [0.25, 0.3) is 0 Å². The molecule has 0 aromatic heterocycles. The number of hydrogen-bond donors (Lipinski definition) is 0. The van der Waals surface area contributed by atoms with E-state index in [0.29, 0.717) is 24.3 Å². The lowest BCUT2D eigenvalue weighted by Crippen LogP contribution is -2.16. The fourth-order valence-corrected chi connectivity index (χ4v) is 1.07. The Balaban J connectivity index is 2.48. The summed E-state index contributed by atoms with van der Waals surface area (Å²) in [4.78, 5) is 0. The van der Waals surface area contributed by atoms with Crippen LogP contribution < -0.4 is 4.74 Å². The highest BCUT2D eigenvalue weighted by molar-refractivity contribution is 5.36. The third-order valence-corrected chi connectivity index (χ3v) is 1.93. The van der Waals surface area contributed by atoms with Gasteiger partial charge in [0.1, 0.15) is 11.4 Å². The molecule has 0 saturated heterocycles. The molecule has 0 amide bonds. The van der Waals surface area contributed by atoms with Crippen LogP contribution in [0.2, 0.25) is 0 Å². The van der Waals surface area contributed by atoms with Gasteiger partial charge in [0.2, 0.25) is 0 Å². The molecule has 1 aromatic rings. The van der Waals surface area contributed by atoms with Crippen molar-refractivity contribution in [2.24, 2.45) is 0 Å². The Morgan fingerprint density at radius 2 is 2.20 bits per heavy atom. The summed E-state index contributed by atoms with van der Waals surface area (Å²) >= 11 is 0. The molecule has 15 heavy (non-hydrogen) atoms. The molecule has 0 heterocycles. The summed E-state index contributed by atoms with van der Waals surface area (Å²) in [6, 6.07) is 8.86. The number of rotatable bonds is 4. The smallest absolute Gasteiger partial charge is 0.120 e. The molecule has 2 nitrogen and oxygen atoms in total. The van der Waals surface area contributed by atoms with Crippen LogP contribution in [-0.4, -0.2) is 12.3 Å². The summed E-state index contributed by atoms with van der Waals surface area (Å²) in [7, 11) is 0. The van der Waals surface area contributed by atoms with Crippen molar-refractivity contribution in [3.63, 3.8) is 0 Å². The molecule has 0 radical (unpaired) electrons. The van der Waals surface area contributed by atoms with E-state index in [9.17, 15) is 4.39 Å². The van der Waals surface area contributed by atoms with Gasteiger partial charge in [0, 0.05) is 6.42 Å². The van der Waals surface area contributed by atoms with Crippen LogP contribution in [-0.2, 0) is 0 Å². The predicted molar refractivity (Wildman–Crippen MR) is 56.5 cm³/mol. The Kier molecular flexibility index (Phi) is 3.68. The first-order valence-corrected chi connectivity index (χ1v) is 4.83. The van der Waals surface area contributed by atoms with Crippen LogP contribution in [0.4, 0.5) is 4.39 Å². The molecule has 1 aromatic carbocycles. The van der Waals surface area contributed by atoms with E-state index >= 15 is 0 Å². The zero-order chi connectivity index (χ0) is 11.3. The number of benzene rings is 1. The summed E-state index contributed by atoms with van der Waals surface area (Å²) < 4.78 is 18.4. The molecule has 0 spiro atoms. The monoisotopic (exact) mass is 207 g/mol. The zero-order valence-electron chi connectivity index (χ0n) is 8.96. The largest absolute Gasteiger partial charge is 0.493 e. The maximum atomic E-state index is 13.1. The first-order chi connectivity index (χ1) is 7.01. The number of ether oxygens (including phenoxy) is 1. The van der Waals surface area contributed by atoms with Crippen LogP contribution in [0.15, 0.2) is 24.3 Å². The third kappa shape index (κ3) is 4.46. The molecule has 0 aliphatic heterocycles. The Morgan fingerprint density at radius 3 is 2.80 bits per heavy atom. The van der Waals surface area contributed by atoms with Crippen LogP contribution in [0.1, 0.15) is 25.8 Å². The fraction of sp³-hybridized carbons (Fsp3) is 0.417. The second kappa shape index (κ2) is 4.79. The minimum absolute atomic E-state index is 0.318. The maximum Gasteiger partial charge on any atom is 0.120 e. The van der Waals surface area contributed by atoms with E-state index < -0.39 is 5.67 Å². The van der Waals surface area contributed by atoms with E-state index in [2.05, 4.69) is 0 Å². The standard InChI is InChI=1S/C12H14FNO/c1-12(2,13)6-7-15-11-5-3-4-10(8-11)9-14/h3-5,8H,6-7H2,1-2H3. The normalized spacial score (nSPS) is 10.8. The van der Waals surface area contributed by atoms with Gasteiger partial charge in [0.25, 0.3) is 0 Å². The van der Waals surface area contributed by atoms with Crippen LogP contribution >= 0.6 is 0 Å². The van der Waals surface area contributed by atoms with Crippen molar-refractivity contribution in [3.8, 4) is 11.8 Å². The average molecular weight is 207 g/mol. The van der Waals surface area contributed by atoms with Crippen molar-refractivity contribution in [2.45, 2.75) is 25.9 Å². The van der Waals surface area contributed by atoms with Crippen molar-refractivity contribution >= 4 is 0 Å². The molecule has 3 heteroatoms. The van der Waals surface area contributed by atoms with Gasteiger partial charge in [0.05, 0.1) is 18.2 Å². The van der Waals surface area contributed by atoms with E-state index in [1.165, 1.54) is 13.8 Å². The summed E-state index contributed by atoms with van der Waals surface area (Å²) in [6.45, 7) is 3.35. The van der Waals surface area contributed by atoms with Gasteiger partial charge in [-0.3, -0.25) is 0 Å². The number of alkyl halides is 1. The Morgan fingerprint density at radius 1 is 1.47 bits per heavy atom. The van der Waals surface area contributed by atoms with E-state index in [-0.39, 0.29) is 0 Å². The number of nitrogens with zero attached hydrogens (tertiary/aromatic N) is 1.